The summed E-state index contributed by atoms with van der Waals surface area (Å²) in [5.74, 6) is -0.648. The van der Waals surface area contributed by atoms with Crippen LogP contribution in [0.2, 0.25) is 0 Å². The first-order valence-electron chi connectivity index (χ1n) is 13.8. The third kappa shape index (κ3) is 6.52. The number of hydrogen-bond donors (Lipinski definition) is 1. The van der Waals surface area contributed by atoms with Crippen LogP contribution in [0.15, 0.2) is 60.9 Å². The molecule has 1 aliphatic rings. The molecule has 4 aromatic rings. The Morgan fingerprint density at radius 3 is 2.33 bits per heavy atom. The van der Waals surface area contributed by atoms with Gasteiger partial charge in [0.05, 0.1) is 17.1 Å². The van der Waals surface area contributed by atoms with Gasteiger partial charge in [-0.25, -0.2) is 9.78 Å². The van der Waals surface area contributed by atoms with Gasteiger partial charge < -0.3 is 28.4 Å². The van der Waals surface area contributed by atoms with E-state index in [9.17, 15) is 26.7 Å². The Morgan fingerprint density at radius 1 is 0.978 bits per heavy atom. The number of aromatic nitrogens is 2. The van der Waals surface area contributed by atoms with Crippen LogP contribution in [0.1, 0.15) is 13.8 Å². The maximum atomic E-state index is 13.2. The number of anilines is 1. The van der Waals surface area contributed by atoms with E-state index in [1.807, 2.05) is 6.92 Å². The van der Waals surface area contributed by atoms with Gasteiger partial charge in [-0.3, -0.25) is 9.88 Å². The lowest BCUT2D eigenvalue weighted by atomic mass is 9.99. The normalized spacial score (nSPS) is 22.5. The fraction of sp³-hybridized carbons (Fsp3) is 0.400. The van der Waals surface area contributed by atoms with Gasteiger partial charge >= 0.3 is 18.4 Å². The van der Waals surface area contributed by atoms with Gasteiger partial charge in [-0.05, 0) is 61.7 Å². The molecular weight excluding hydrogens is 609 g/mol. The number of benzene rings is 3. The molecule has 0 bridgehead atoms. The highest BCUT2D eigenvalue weighted by atomic mass is 19.4. The molecule has 10 nitrogen and oxygen atoms in total. The molecular formula is C30H30F5N3O7. The summed E-state index contributed by atoms with van der Waals surface area (Å²) in [4.78, 5) is 17.3. The molecule has 15 heteroatoms. The van der Waals surface area contributed by atoms with Crippen molar-refractivity contribution in [1.82, 2.24) is 9.55 Å². The van der Waals surface area contributed by atoms with Crippen molar-refractivity contribution < 1.29 is 55.2 Å². The van der Waals surface area contributed by atoms with E-state index in [0.717, 1.165) is 22.9 Å². The first-order chi connectivity index (χ1) is 21.4. The lowest BCUT2D eigenvalue weighted by Crippen LogP contribution is -2.60. The average Bonchev–Trinajstić information content (AvgIpc) is 3.41. The summed E-state index contributed by atoms with van der Waals surface area (Å²) < 4.78 is 97.7. The molecule has 1 amide bonds. The molecule has 5 rings (SSSR count). The van der Waals surface area contributed by atoms with Crippen molar-refractivity contribution in [2.24, 2.45) is 0 Å². The molecule has 1 fully saturated rings. The van der Waals surface area contributed by atoms with Gasteiger partial charge in [-0.15, -0.1) is 0 Å². The number of nitrogens with zero attached hydrogens (tertiary/aromatic N) is 2. The van der Waals surface area contributed by atoms with Gasteiger partial charge in [0.1, 0.15) is 30.4 Å². The second kappa shape index (κ2) is 12.7. The standard InChI is InChI=1S/C30H30F5N3O7/c1-5-42-25-24(40-3)16(2)43-27(26(25)41-4)44-28(39)37-18-7-12-21-17(14-18)6-13-22-23(21)36-15-38(22)19-8-10-20(11-9-19)45-30(34,35)29(31,32)33/h6-16,24-27H,5H2,1-4H3,(H,37,39)/t16-,24-,25+,26+,27-/m0/s1. The number of ether oxygens (including phenoxy) is 6. The largest absolute Gasteiger partial charge is 0.499 e. The van der Waals surface area contributed by atoms with Gasteiger partial charge in [0.25, 0.3) is 0 Å². The van der Waals surface area contributed by atoms with Gasteiger partial charge in [-0.2, -0.15) is 22.0 Å². The zero-order valence-electron chi connectivity index (χ0n) is 24.5. The Bertz CT molecular complexity index is 1650. The quantitative estimate of drug-likeness (QED) is 0.209. The molecule has 0 aliphatic carbocycles. The highest BCUT2D eigenvalue weighted by Gasteiger charge is 2.61. The number of halogens is 5. The molecule has 0 spiro atoms. The van der Waals surface area contributed by atoms with Crippen LogP contribution >= 0.6 is 0 Å². The highest BCUT2D eigenvalue weighted by molar-refractivity contribution is 6.06. The van der Waals surface area contributed by atoms with E-state index in [1.165, 1.54) is 25.6 Å². The number of fused-ring (bicyclic) bond motifs is 3. The highest BCUT2D eigenvalue weighted by Crippen LogP contribution is 2.38. The molecule has 1 aliphatic heterocycles. The Kier molecular flexibility index (Phi) is 9.16. The Labute approximate surface area is 253 Å². The van der Waals surface area contributed by atoms with Crippen LogP contribution in [0.5, 0.6) is 5.75 Å². The van der Waals surface area contributed by atoms with Crippen molar-refractivity contribution in [2.45, 2.75) is 56.8 Å². The monoisotopic (exact) mass is 639 g/mol. The molecule has 1 N–H and O–H groups in total. The Morgan fingerprint density at radius 2 is 1.69 bits per heavy atom. The van der Waals surface area contributed by atoms with E-state index in [0.29, 0.717) is 29.0 Å². The zero-order valence-corrected chi connectivity index (χ0v) is 24.5. The van der Waals surface area contributed by atoms with Crippen molar-refractivity contribution in [3.63, 3.8) is 0 Å². The first-order valence-corrected chi connectivity index (χ1v) is 13.8. The number of imidazole rings is 1. The van der Waals surface area contributed by atoms with E-state index in [2.05, 4.69) is 15.0 Å². The second-order valence-corrected chi connectivity index (χ2v) is 10.2. The summed E-state index contributed by atoms with van der Waals surface area (Å²) in [6, 6.07) is 13.4. The molecule has 0 saturated carbocycles. The van der Waals surface area contributed by atoms with E-state index >= 15 is 0 Å². The number of amides is 1. The van der Waals surface area contributed by atoms with Crippen molar-refractivity contribution in [3.05, 3.63) is 60.9 Å². The van der Waals surface area contributed by atoms with Crippen LogP contribution in [0.4, 0.5) is 32.4 Å². The van der Waals surface area contributed by atoms with Crippen molar-refractivity contribution in [1.29, 1.82) is 0 Å². The van der Waals surface area contributed by atoms with Crippen molar-refractivity contribution in [3.8, 4) is 11.4 Å². The van der Waals surface area contributed by atoms with Crippen LogP contribution < -0.4 is 10.1 Å². The van der Waals surface area contributed by atoms with Crippen LogP contribution in [-0.2, 0) is 23.7 Å². The van der Waals surface area contributed by atoms with E-state index in [4.69, 9.17) is 23.7 Å². The van der Waals surface area contributed by atoms with Crippen LogP contribution in [0.3, 0.4) is 0 Å². The summed E-state index contributed by atoms with van der Waals surface area (Å²) in [6.45, 7) is 4.02. The fourth-order valence-corrected chi connectivity index (χ4v) is 5.25. The average molecular weight is 640 g/mol. The van der Waals surface area contributed by atoms with Crippen molar-refractivity contribution >= 4 is 33.6 Å². The lowest BCUT2D eigenvalue weighted by Gasteiger charge is -2.43. The summed E-state index contributed by atoms with van der Waals surface area (Å²) in [5.41, 5.74) is 2.13. The molecule has 0 unspecified atom stereocenters. The maximum Gasteiger partial charge on any atom is 0.499 e. The molecule has 2 heterocycles. The zero-order chi connectivity index (χ0) is 32.5. The summed E-state index contributed by atoms with van der Waals surface area (Å²) in [7, 11) is 3.00. The SMILES string of the molecule is CCO[C@@H]1[C@@H](OC)[C@H](C)O[C@@H](OC(=O)Nc2ccc3c(ccc4c3ncn4-c3ccc(OC(F)(F)C(F)(F)F)cc3)c2)[C@@H]1OC. The predicted molar refractivity (Wildman–Crippen MR) is 152 cm³/mol. The fourth-order valence-electron chi connectivity index (χ4n) is 5.25. The minimum absolute atomic E-state index is 0.396. The van der Waals surface area contributed by atoms with Gasteiger partial charge in [-0.1, -0.05) is 12.1 Å². The third-order valence-corrected chi connectivity index (χ3v) is 7.32. The minimum atomic E-state index is -5.85. The predicted octanol–water partition coefficient (Wildman–Crippen LogP) is 6.44. The Balaban J connectivity index is 1.31. The maximum absolute atomic E-state index is 13.2. The summed E-state index contributed by atoms with van der Waals surface area (Å²) >= 11 is 0. The first kappa shape index (κ1) is 32.3. The Hall–Kier alpha value is -4.05. The third-order valence-electron chi connectivity index (χ3n) is 7.32. The van der Waals surface area contributed by atoms with E-state index in [1.54, 1.807) is 48.9 Å². The van der Waals surface area contributed by atoms with E-state index < -0.39 is 54.8 Å². The van der Waals surface area contributed by atoms with Gasteiger partial charge in [0.2, 0.25) is 6.29 Å². The molecule has 45 heavy (non-hydrogen) atoms. The number of hydrogen-bond acceptors (Lipinski definition) is 8. The van der Waals surface area contributed by atoms with Crippen molar-refractivity contribution in [2.75, 3.05) is 26.1 Å². The second-order valence-electron chi connectivity index (χ2n) is 10.2. The van der Waals surface area contributed by atoms with Crippen LogP contribution in [0.25, 0.3) is 27.5 Å². The number of methoxy groups -OCH3 is 2. The smallest absolute Gasteiger partial charge is 0.426 e. The van der Waals surface area contributed by atoms with Crippen LogP contribution in [-0.4, -0.2) is 79.5 Å². The number of rotatable bonds is 9. The molecule has 3 aromatic carbocycles. The van der Waals surface area contributed by atoms with E-state index in [-0.39, 0.29) is 0 Å². The molecule has 0 radical (unpaired) electrons. The number of alkyl halides is 5. The summed E-state index contributed by atoms with van der Waals surface area (Å²) in [6.07, 6.45) is -13.6. The lowest BCUT2D eigenvalue weighted by molar-refractivity contribution is -0.360. The molecule has 1 aromatic heterocycles. The van der Waals surface area contributed by atoms with Gasteiger partial charge in [0, 0.05) is 37.6 Å². The number of carbonyl (C=O) groups is 1. The molecule has 5 atom stereocenters. The minimum Gasteiger partial charge on any atom is -0.426 e. The number of nitrogens with one attached hydrogen (secondary N) is 1. The van der Waals surface area contributed by atoms with Gasteiger partial charge in [0.15, 0.2) is 0 Å². The topological polar surface area (TPSA) is 102 Å². The molecule has 242 valence electrons. The van der Waals surface area contributed by atoms with Crippen LogP contribution in [0, 0.1) is 0 Å². The molecule has 1 saturated heterocycles. The summed E-state index contributed by atoms with van der Waals surface area (Å²) in [5, 5.41) is 4.17. The number of carbonyl (C=O) groups excluding carboxylic acids is 1.